The highest BCUT2D eigenvalue weighted by Crippen LogP contribution is 2.20. The van der Waals surface area contributed by atoms with Crippen LogP contribution < -0.4 is 11.1 Å². The van der Waals surface area contributed by atoms with E-state index in [9.17, 15) is 5.11 Å². The number of nitrogens with one attached hydrogen (secondary N) is 1. The largest absolute Gasteiger partial charge is 0.508 e. The molecule has 0 amide bonds. The summed E-state index contributed by atoms with van der Waals surface area (Å²) in [7, 11) is 0. The summed E-state index contributed by atoms with van der Waals surface area (Å²) in [5, 5.41) is 12.7. The first-order valence-corrected chi connectivity index (χ1v) is 5.87. The van der Waals surface area contributed by atoms with Crippen molar-refractivity contribution >= 4 is 27.4 Å². The van der Waals surface area contributed by atoms with E-state index in [1.807, 2.05) is 12.1 Å². The van der Waals surface area contributed by atoms with Crippen molar-refractivity contribution in [2.75, 3.05) is 11.1 Å². The number of phenols is 1. The van der Waals surface area contributed by atoms with Crippen LogP contribution in [0.25, 0.3) is 0 Å². The molecule has 0 aliphatic carbocycles. The van der Waals surface area contributed by atoms with E-state index >= 15 is 0 Å². The van der Waals surface area contributed by atoms with Crippen molar-refractivity contribution in [3.63, 3.8) is 0 Å². The Morgan fingerprint density at radius 1 is 1.29 bits per heavy atom. The molecule has 0 bridgehead atoms. The first-order valence-electron chi connectivity index (χ1n) is 5.08. The minimum absolute atomic E-state index is 0.226. The summed E-state index contributed by atoms with van der Waals surface area (Å²) in [5.74, 6) is 0.971. The lowest BCUT2D eigenvalue weighted by molar-refractivity contribution is 0.469. The summed E-state index contributed by atoms with van der Waals surface area (Å²) in [6, 6.07) is 8.74. The van der Waals surface area contributed by atoms with E-state index in [0.717, 1.165) is 15.9 Å². The van der Waals surface area contributed by atoms with Crippen LogP contribution in [-0.4, -0.2) is 10.1 Å². The summed E-state index contributed by atoms with van der Waals surface area (Å²) in [6.45, 7) is 0.478. The van der Waals surface area contributed by atoms with Crippen molar-refractivity contribution in [1.82, 2.24) is 4.98 Å². The minimum Gasteiger partial charge on any atom is -0.508 e. The van der Waals surface area contributed by atoms with Gasteiger partial charge in [-0.2, -0.15) is 0 Å². The zero-order valence-corrected chi connectivity index (χ0v) is 10.6. The Balaban J connectivity index is 2.07. The number of nitrogens with zero attached hydrogens (tertiary/aromatic N) is 1. The third kappa shape index (κ3) is 3.10. The van der Waals surface area contributed by atoms with Crippen LogP contribution in [0.2, 0.25) is 0 Å². The third-order valence-electron chi connectivity index (χ3n) is 2.29. The number of phenolic OH excluding ortho intramolecular Hbond substituents is 1. The molecule has 0 radical (unpaired) electrons. The van der Waals surface area contributed by atoms with Gasteiger partial charge in [0.25, 0.3) is 0 Å². The van der Waals surface area contributed by atoms with E-state index < -0.39 is 0 Å². The van der Waals surface area contributed by atoms with Crippen LogP contribution in [0.15, 0.2) is 41.0 Å². The molecule has 5 heteroatoms. The molecule has 0 fully saturated rings. The number of hydrogen-bond donors (Lipinski definition) is 3. The van der Waals surface area contributed by atoms with Gasteiger partial charge in [0.1, 0.15) is 11.6 Å². The van der Waals surface area contributed by atoms with Crippen LogP contribution >= 0.6 is 15.9 Å². The van der Waals surface area contributed by atoms with E-state index in [2.05, 4.69) is 26.2 Å². The first kappa shape index (κ1) is 11.7. The molecular weight excluding hydrogens is 282 g/mol. The molecular formula is C12H12BrN3O. The van der Waals surface area contributed by atoms with Crippen LogP contribution in [0.4, 0.5) is 11.5 Å². The highest BCUT2D eigenvalue weighted by atomic mass is 79.9. The van der Waals surface area contributed by atoms with Gasteiger partial charge in [0.05, 0.1) is 0 Å². The lowest BCUT2D eigenvalue weighted by Gasteiger charge is -2.08. The summed E-state index contributed by atoms with van der Waals surface area (Å²) < 4.78 is 0.926. The van der Waals surface area contributed by atoms with Gasteiger partial charge in [-0.25, -0.2) is 4.98 Å². The maximum atomic E-state index is 9.63. The van der Waals surface area contributed by atoms with Gasteiger partial charge in [-0.1, -0.05) is 0 Å². The molecule has 2 rings (SSSR count). The number of nitrogen functional groups attached to an aromatic ring is 1. The maximum absolute atomic E-state index is 9.63. The van der Waals surface area contributed by atoms with Gasteiger partial charge in [-0.15, -0.1) is 0 Å². The summed E-state index contributed by atoms with van der Waals surface area (Å²) in [4.78, 5) is 4.17. The topological polar surface area (TPSA) is 71.2 Å². The standard InChI is InChI=1S/C12H12BrN3O/c13-9-1-4-12(16-7-9)15-6-8-5-10(14)2-3-11(8)17/h1-5,7,17H,6,14H2,(H,15,16). The fraction of sp³-hybridized carbons (Fsp3) is 0.0833. The van der Waals surface area contributed by atoms with Gasteiger partial charge in [-0.05, 0) is 46.3 Å². The normalized spacial score (nSPS) is 10.2. The maximum Gasteiger partial charge on any atom is 0.126 e. The van der Waals surface area contributed by atoms with Gasteiger partial charge in [-0.3, -0.25) is 0 Å². The predicted octanol–water partition coefficient (Wildman–Crippen LogP) is 2.74. The number of aromatic hydroxyl groups is 1. The molecule has 4 N–H and O–H groups in total. The molecule has 88 valence electrons. The average molecular weight is 294 g/mol. The van der Waals surface area contributed by atoms with Crippen molar-refractivity contribution in [3.05, 3.63) is 46.6 Å². The second-order valence-electron chi connectivity index (χ2n) is 3.60. The molecule has 1 aromatic heterocycles. The van der Waals surface area contributed by atoms with Gasteiger partial charge in [0.2, 0.25) is 0 Å². The minimum atomic E-state index is 0.226. The Morgan fingerprint density at radius 3 is 2.82 bits per heavy atom. The predicted molar refractivity (Wildman–Crippen MR) is 71.8 cm³/mol. The van der Waals surface area contributed by atoms with Gasteiger partial charge < -0.3 is 16.2 Å². The van der Waals surface area contributed by atoms with Gasteiger partial charge in [0, 0.05) is 28.5 Å². The van der Waals surface area contributed by atoms with Gasteiger partial charge >= 0.3 is 0 Å². The number of pyridine rings is 1. The van der Waals surface area contributed by atoms with Crippen molar-refractivity contribution in [1.29, 1.82) is 0 Å². The van der Waals surface area contributed by atoms with Crippen LogP contribution in [-0.2, 0) is 6.54 Å². The number of nitrogens with two attached hydrogens (primary N) is 1. The van der Waals surface area contributed by atoms with Crippen LogP contribution in [0.3, 0.4) is 0 Å². The molecule has 0 atom stereocenters. The zero-order valence-electron chi connectivity index (χ0n) is 9.02. The number of rotatable bonds is 3. The van der Waals surface area contributed by atoms with Crippen LogP contribution in [0, 0.1) is 0 Å². The molecule has 0 spiro atoms. The lowest BCUT2D eigenvalue weighted by atomic mass is 10.2. The van der Waals surface area contributed by atoms with Crippen LogP contribution in [0.1, 0.15) is 5.56 Å². The summed E-state index contributed by atoms with van der Waals surface area (Å²) in [6.07, 6.45) is 1.71. The second kappa shape index (κ2) is 5.05. The fourth-order valence-electron chi connectivity index (χ4n) is 1.41. The zero-order chi connectivity index (χ0) is 12.3. The molecule has 1 heterocycles. The molecule has 2 aromatic rings. The van der Waals surface area contributed by atoms with Crippen molar-refractivity contribution in [2.45, 2.75) is 6.54 Å². The number of anilines is 2. The number of hydrogen-bond acceptors (Lipinski definition) is 4. The molecule has 0 saturated carbocycles. The van der Waals surface area contributed by atoms with Gasteiger partial charge in [0.15, 0.2) is 0 Å². The SMILES string of the molecule is Nc1ccc(O)c(CNc2ccc(Br)cn2)c1. The monoisotopic (exact) mass is 293 g/mol. The van der Waals surface area contributed by atoms with E-state index in [4.69, 9.17) is 5.73 Å². The quantitative estimate of drug-likeness (QED) is 0.601. The highest BCUT2D eigenvalue weighted by Gasteiger charge is 2.02. The fourth-order valence-corrected chi connectivity index (χ4v) is 1.65. The lowest BCUT2D eigenvalue weighted by Crippen LogP contribution is -2.02. The molecule has 1 aromatic carbocycles. The van der Waals surface area contributed by atoms with Crippen LogP contribution in [0.5, 0.6) is 5.75 Å². The first-order chi connectivity index (χ1) is 8.15. The molecule has 4 nitrogen and oxygen atoms in total. The van der Waals surface area contributed by atoms with E-state index in [1.54, 1.807) is 24.4 Å². The highest BCUT2D eigenvalue weighted by molar-refractivity contribution is 9.10. The number of benzene rings is 1. The Labute approximate surface area is 108 Å². The summed E-state index contributed by atoms with van der Waals surface area (Å²) in [5.41, 5.74) is 7.03. The number of aromatic nitrogens is 1. The Kier molecular flexibility index (Phi) is 3.49. The smallest absolute Gasteiger partial charge is 0.126 e. The van der Waals surface area contributed by atoms with Crippen molar-refractivity contribution in [3.8, 4) is 5.75 Å². The Bertz CT molecular complexity index is 514. The molecule has 0 aliphatic rings. The van der Waals surface area contributed by atoms with Crippen molar-refractivity contribution in [2.24, 2.45) is 0 Å². The molecule has 17 heavy (non-hydrogen) atoms. The molecule has 0 unspecified atom stereocenters. The third-order valence-corrected chi connectivity index (χ3v) is 2.76. The number of halogens is 1. The Hall–Kier alpha value is -1.75. The van der Waals surface area contributed by atoms with E-state index in [-0.39, 0.29) is 5.75 Å². The second-order valence-corrected chi connectivity index (χ2v) is 4.52. The molecule has 0 saturated heterocycles. The molecule has 0 aliphatic heterocycles. The average Bonchev–Trinajstić information content (AvgIpc) is 2.32. The Morgan fingerprint density at radius 2 is 2.12 bits per heavy atom. The van der Waals surface area contributed by atoms with E-state index in [1.165, 1.54) is 0 Å². The van der Waals surface area contributed by atoms with Crippen molar-refractivity contribution < 1.29 is 5.11 Å². The summed E-state index contributed by atoms with van der Waals surface area (Å²) >= 11 is 3.32. The van der Waals surface area contributed by atoms with E-state index in [0.29, 0.717) is 12.2 Å².